The van der Waals surface area contributed by atoms with Crippen LogP contribution >= 0.6 is 0 Å². The van der Waals surface area contributed by atoms with Crippen LogP contribution in [0, 0.1) is 5.82 Å². The van der Waals surface area contributed by atoms with Crippen molar-refractivity contribution in [2.75, 3.05) is 6.54 Å². The first-order valence-corrected chi connectivity index (χ1v) is 5.87. The molecule has 15 heavy (non-hydrogen) atoms. The van der Waals surface area contributed by atoms with E-state index in [1.165, 1.54) is 18.4 Å². The number of benzene rings is 1. The predicted octanol–water partition coefficient (Wildman–Crippen LogP) is 2.61. The third-order valence-electron chi connectivity index (χ3n) is 3.82. The minimum atomic E-state index is 0.00546. The number of halogens is 1. The van der Waals surface area contributed by atoms with Crippen molar-refractivity contribution in [3.8, 4) is 0 Å². The molecule has 1 aromatic carbocycles. The lowest BCUT2D eigenvalue weighted by molar-refractivity contribution is 0.312. The van der Waals surface area contributed by atoms with Crippen LogP contribution in [-0.2, 0) is 6.42 Å². The van der Waals surface area contributed by atoms with Crippen molar-refractivity contribution in [1.82, 2.24) is 5.32 Å². The topological polar surface area (TPSA) is 12.0 Å². The quantitative estimate of drug-likeness (QED) is 0.686. The first kappa shape index (κ1) is 9.34. The van der Waals surface area contributed by atoms with Gasteiger partial charge in [-0.1, -0.05) is 12.1 Å². The lowest BCUT2D eigenvalue weighted by Crippen LogP contribution is -2.43. The van der Waals surface area contributed by atoms with Gasteiger partial charge in [0.15, 0.2) is 0 Å². The van der Waals surface area contributed by atoms with Crippen molar-refractivity contribution < 1.29 is 4.39 Å². The van der Waals surface area contributed by atoms with E-state index in [1.807, 2.05) is 6.07 Å². The molecule has 0 bridgehead atoms. The molecule has 3 rings (SSSR count). The van der Waals surface area contributed by atoms with E-state index in [4.69, 9.17) is 0 Å². The third kappa shape index (κ3) is 1.48. The standard InChI is InChI=1S/C13H16FN/c14-11-5-1-3-9-6-7-12-10(13(9)11)4-2-8-15-12/h1,3,5,10,12,15H,2,4,6-8H2/t10-,12+/m1/s1. The summed E-state index contributed by atoms with van der Waals surface area (Å²) in [6.07, 6.45) is 4.52. The van der Waals surface area contributed by atoms with Crippen molar-refractivity contribution in [1.29, 1.82) is 0 Å². The first-order valence-electron chi connectivity index (χ1n) is 5.87. The average Bonchev–Trinajstić information content (AvgIpc) is 2.29. The second-order valence-corrected chi connectivity index (χ2v) is 4.66. The zero-order valence-electron chi connectivity index (χ0n) is 8.80. The Labute approximate surface area is 89.7 Å². The van der Waals surface area contributed by atoms with E-state index in [0.29, 0.717) is 12.0 Å². The second kappa shape index (κ2) is 3.60. The van der Waals surface area contributed by atoms with Gasteiger partial charge in [-0.3, -0.25) is 0 Å². The molecule has 0 amide bonds. The zero-order chi connectivity index (χ0) is 10.3. The molecule has 1 fully saturated rings. The van der Waals surface area contributed by atoms with Crippen LogP contribution in [0.4, 0.5) is 4.39 Å². The summed E-state index contributed by atoms with van der Waals surface area (Å²) in [4.78, 5) is 0. The van der Waals surface area contributed by atoms with Gasteiger partial charge in [-0.2, -0.15) is 0 Å². The highest BCUT2D eigenvalue weighted by Crippen LogP contribution is 2.38. The van der Waals surface area contributed by atoms with Gasteiger partial charge >= 0.3 is 0 Å². The minimum Gasteiger partial charge on any atom is -0.313 e. The van der Waals surface area contributed by atoms with Gasteiger partial charge in [-0.15, -0.1) is 0 Å². The molecule has 1 N–H and O–H groups in total. The Hall–Kier alpha value is -0.890. The summed E-state index contributed by atoms with van der Waals surface area (Å²) in [5.41, 5.74) is 2.24. The van der Waals surface area contributed by atoms with Crippen LogP contribution in [0.3, 0.4) is 0 Å². The summed E-state index contributed by atoms with van der Waals surface area (Å²) in [5, 5.41) is 3.52. The summed E-state index contributed by atoms with van der Waals surface area (Å²) in [6.45, 7) is 1.10. The molecule has 2 aliphatic rings. The van der Waals surface area contributed by atoms with Gasteiger partial charge in [-0.25, -0.2) is 4.39 Å². The van der Waals surface area contributed by atoms with Crippen LogP contribution in [-0.4, -0.2) is 12.6 Å². The fraction of sp³-hybridized carbons (Fsp3) is 0.538. The number of piperidine rings is 1. The minimum absolute atomic E-state index is 0.00546. The van der Waals surface area contributed by atoms with Gasteiger partial charge < -0.3 is 5.32 Å². The van der Waals surface area contributed by atoms with Crippen LogP contribution in [0.1, 0.15) is 36.3 Å². The molecule has 0 saturated carbocycles. The number of hydrogen-bond acceptors (Lipinski definition) is 1. The molecule has 1 heterocycles. The van der Waals surface area contributed by atoms with Crippen molar-refractivity contribution in [3.05, 3.63) is 35.1 Å². The number of fused-ring (bicyclic) bond motifs is 3. The summed E-state index contributed by atoms with van der Waals surface area (Å²) >= 11 is 0. The molecule has 0 radical (unpaired) electrons. The zero-order valence-corrected chi connectivity index (χ0v) is 8.80. The Morgan fingerprint density at radius 3 is 3.13 bits per heavy atom. The van der Waals surface area contributed by atoms with Crippen LogP contribution in [0.15, 0.2) is 18.2 Å². The fourth-order valence-corrected chi connectivity index (χ4v) is 3.13. The Balaban J connectivity index is 2.05. The summed E-state index contributed by atoms with van der Waals surface area (Å²) in [7, 11) is 0. The smallest absolute Gasteiger partial charge is 0.127 e. The number of rotatable bonds is 0. The Morgan fingerprint density at radius 2 is 2.20 bits per heavy atom. The average molecular weight is 205 g/mol. The maximum absolute atomic E-state index is 13.8. The molecule has 1 saturated heterocycles. The van der Waals surface area contributed by atoms with E-state index in [0.717, 1.165) is 24.9 Å². The monoisotopic (exact) mass is 205 g/mol. The molecule has 1 aromatic rings. The number of hydrogen-bond donors (Lipinski definition) is 1. The lowest BCUT2D eigenvalue weighted by Gasteiger charge is -2.38. The molecule has 2 heteroatoms. The molecular weight excluding hydrogens is 189 g/mol. The van der Waals surface area contributed by atoms with E-state index < -0.39 is 0 Å². The highest BCUT2D eigenvalue weighted by molar-refractivity contribution is 5.36. The number of aryl methyl sites for hydroxylation is 1. The molecule has 80 valence electrons. The maximum atomic E-state index is 13.8. The predicted molar refractivity (Wildman–Crippen MR) is 58.5 cm³/mol. The van der Waals surface area contributed by atoms with Crippen LogP contribution in [0.2, 0.25) is 0 Å². The molecule has 1 aliphatic heterocycles. The Bertz CT molecular complexity index is 375. The van der Waals surface area contributed by atoms with Gasteiger partial charge in [0.05, 0.1) is 0 Å². The van der Waals surface area contributed by atoms with Crippen LogP contribution in [0.5, 0.6) is 0 Å². The van der Waals surface area contributed by atoms with Crippen molar-refractivity contribution in [2.45, 2.75) is 37.6 Å². The van der Waals surface area contributed by atoms with Gasteiger partial charge in [0.25, 0.3) is 0 Å². The molecule has 1 aliphatic carbocycles. The van der Waals surface area contributed by atoms with E-state index in [2.05, 4.69) is 11.4 Å². The summed E-state index contributed by atoms with van der Waals surface area (Å²) in [5.74, 6) is 0.426. The highest BCUT2D eigenvalue weighted by Gasteiger charge is 2.32. The molecular formula is C13H16FN. The van der Waals surface area contributed by atoms with Crippen molar-refractivity contribution in [2.24, 2.45) is 0 Å². The molecule has 0 unspecified atom stereocenters. The molecule has 1 nitrogen and oxygen atoms in total. The van der Waals surface area contributed by atoms with Gasteiger partial charge in [0.2, 0.25) is 0 Å². The van der Waals surface area contributed by atoms with E-state index >= 15 is 0 Å². The van der Waals surface area contributed by atoms with Crippen LogP contribution in [0.25, 0.3) is 0 Å². The van der Waals surface area contributed by atoms with Gasteiger partial charge in [0.1, 0.15) is 5.82 Å². The fourth-order valence-electron chi connectivity index (χ4n) is 3.13. The summed E-state index contributed by atoms with van der Waals surface area (Å²) in [6, 6.07) is 6.05. The SMILES string of the molecule is Fc1cccc2c1[C@@H]1CCCN[C@H]1CC2. The molecule has 0 aromatic heterocycles. The Morgan fingerprint density at radius 1 is 1.27 bits per heavy atom. The van der Waals surface area contributed by atoms with Gasteiger partial charge in [-0.05, 0) is 49.4 Å². The maximum Gasteiger partial charge on any atom is 0.127 e. The van der Waals surface area contributed by atoms with Crippen molar-refractivity contribution >= 4 is 0 Å². The van der Waals surface area contributed by atoms with E-state index in [9.17, 15) is 4.39 Å². The van der Waals surface area contributed by atoms with Crippen molar-refractivity contribution in [3.63, 3.8) is 0 Å². The first-order chi connectivity index (χ1) is 7.36. The Kier molecular flexibility index (Phi) is 2.24. The summed E-state index contributed by atoms with van der Waals surface area (Å²) < 4.78 is 13.8. The van der Waals surface area contributed by atoms with Gasteiger partial charge in [0, 0.05) is 12.0 Å². The highest BCUT2D eigenvalue weighted by atomic mass is 19.1. The second-order valence-electron chi connectivity index (χ2n) is 4.66. The lowest BCUT2D eigenvalue weighted by atomic mass is 9.75. The number of nitrogens with one attached hydrogen (secondary N) is 1. The third-order valence-corrected chi connectivity index (χ3v) is 3.82. The largest absolute Gasteiger partial charge is 0.313 e. The molecule has 0 spiro atoms. The van der Waals surface area contributed by atoms with E-state index in [1.54, 1.807) is 6.07 Å². The van der Waals surface area contributed by atoms with E-state index in [-0.39, 0.29) is 5.82 Å². The van der Waals surface area contributed by atoms with Crippen LogP contribution < -0.4 is 5.32 Å². The normalized spacial score (nSPS) is 29.4. The molecule has 2 atom stereocenters.